The van der Waals surface area contributed by atoms with Crippen LogP contribution in [0.3, 0.4) is 0 Å². The van der Waals surface area contributed by atoms with Crippen molar-refractivity contribution in [1.82, 2.24) is 0 Å². The maximum atomic E-state index is 7.12. The normalized spacial score (nSPS) is 20.5. The van der Waals surface area contributed by atoms with Crippen LogP contribution in [-0.2, 0) is 16.6 Å². The molecule has 2 aromatic rings. The van der Waals surface area contributed by atoms with Crippen LogP contribution in [0.1, 0.15) is 137 Å². The first-order valence-corrected chi connectivity index (χ1v) is 27.6. The number of benzene rings is 2. The van der Waals surface area contributed by atoms with Crippen LogP contribution in [0, 0.1) is 41.5 Å². The van der Waals surface area contributed by atoms with E-state index in [0.29, 0.717) is 6.61 Å². The summed E-state index contributed by atoms with van der Waals surface area (Å²) in [6, 6.07) is 8.91. The summed E-state index contributed by atoms with van der Waals surface area (Å²) < 4.78 is 6.64. The van der Waals surface area contributed by atoms with Gasteiger partial charge in [-0.1, -0.05) is 19.3 Å². The molecule has 3 aliphatic carbocycles. The van der Waals surface area contributed by atoms with Gasteiger partial charge in [0.25, 0.3) is 0 Å². The Kier molecular flexibility index (Phi) is 14.9. The average Bonchev–Trinajstić information content (AvgIpc) is 3.50. The van der Waals surface area contributed by atoms with Crippen molar-refractivity contribution >= 4 is 47.8 Å². The number of rotatable bonds is 7. The molecule has 0 unspecified atom stereocenters. The molecule has 4 aliphatic rings. The van der Waals surface area contributed by atoms with Gasteiger partial charge in [0.15, 0.2) is 0 Å². The number of hydrogen-bond acceptors (Lipinski definition) is 3. The first-order chi connectivity index (χ1) is 23.5. The van der Waals surface area contributed by atoms with Gasteiger partial charge in [-0.15, -0.1) is 0 Å². The van der Waals surface area contributed by atoms with Crippen molar-refractivity contribution in [2.45, 2.75) is 162 Å². The van der Waals surface area contributed by atoms with Gasteiger partial charge >= 0.3 is 192 Å². The molecule has 0 spiro atoms. The Hall–Kier alpha value is -0.627. The van der Waals surface area contributed by atoms with Crippen LogP contribution in [0.25, 0.3) is 0 Å². The molecule has 49 heavy (non-hydrogen) atoms. The third-order valence-electron chi connectivity index (χ3n) is 11.6. The summed E-state index contributed by atoms with van der Waals surface area (Å²) >= 11 is -3.43. The van der Waals surface area contributed by atoms with E-state index in [2.05, 4.69) is 75.6 Å². The summed E-state index contributed by atoms with van der Waals surface area (Å²) in [5.74, 6) is 0. The van der Waals surface area contributed by atoms with Crippen molar-refractivity contribution in [3.63, 3.8) is 0 Å². The van der Waals surface area contributed by atoms with Gasteiger partial charge in [-0.2, -0.15) is 0 Å². The number of ether oxygens (including phenoxy) is 1. The molecule has 1 saturated heterocycles. The molecular weight excluding hydrogens is 751 g/mol. The summed E-state index contributed by atoms with van der Waals surface area (Å²) in [5.41, 5.74) is 13.6. The molecule has 0 radical (unpaired) electrons. The first-order valence-electron chi connectivity index (χ1n) is 19.5. The van der Waals surface area contributed by atoms with Crippen LogP contribution in [0.4, 0.5) is 11.4 Å². The van der Waals surface area contributed by atoms with Gasteiger partial charge in [-0.3, -0.25) is 0 Å². The molecule has 276 valence electrons. The van der Waals surface area contributed by atoms with Gasteiger partial charge in [-0.25, -0.2) is 0 Å². The van der Waals surface area contributed by atoms with Crippen molar-refractivity contribution < 1.29 is 16.6 Å². The molecule has 1 heterocycles. The number of anilines is 2. The van der Waals surface area contributed by atoms with Gasteiger partial charge < -0.3 is 0 Å². The van der Waals surface area contributed by atoms with Crippen molar-refractivity contribution in [2.75, 3.05) is 29.5 Å². The fourth-order valence-electron chi connectivity index (χ4n) is 9.86. The summed E-state index contributed by atoms with van der Waals surface area (Å²) in [5, 5.41) is 0. The van der Waals surface area contributed by atoms with Crippen molar-refractivity contribution in [3.05, 3.63) is 57.6 Å². The second kappa shape index (κ2) is 18.4. The Bertz CT molecular complexity index is 1370. The van der Waals surface area contributed by atoms with Crippen LogP contribution < -0.4 is 9.80 Å². The quantitative estimate of drug-likeness (QED) is 0.204. The van der Waals surface area contributed by atoms with Crippen molar-refractivity contribution in [2.24, 2.45) is 0 Å². The van der Waals surface area contributed by atoms with Gasteiger partial charge in [0.05, 0.1) is 17.0 Å². The van der Waals surface area contributed by atoms with Gasteiger partial charge in [0.2, 0.25) is 0 Å². The van der Waals surface area contributed by atoms with E-state index >= 15 is 0 Å². The van der Waals surface area contributed by atoms with E-state index in [9.17, 15) is 0 Å². The van der Waals surface area contributed by atoms with E-state index in [1.807, 2.05) is 6.92 Å². The molecule has 0 atom stereocenters. The summed E-state index contributed by atoms with van der Waals surface area (Å²) in [6.45, 7) is 17.1. The molecular formula is C42H66Cl2N2OPRu+. The van der Waals surface area contributed by atoms with E-state index in [4.69, 9.17) is 24.1 Å². The van der Waals surface area contributed by atoms with Crippen LogP contribution in [-0.4, -0.2) is 45.8 Å². The Morgan fingerprint density at radius 3 is 1.24 bits per heavy atom. The van der Waals surface area contributed by atoms with Gasteiger partial charge in [-0.05, 0) is 77.0 Å². The van der Waals surface area contributed by atoms with Crippen LogP contribution in [0.5, 0.6) is 0 Å². The van der Waals surface area contributed by atoms with Crippen molar-refractivity contribution in [1.29, 1.82) is 0 Å². The number of halogens is 2. The minimum atomic E-state index is -3.43. The van der Waals surface area contributed by atoms with Crippen LogP contribution >= 0.6 is 27.3 Å². The second-order valence-electron chi connectivity index (χ2n) is 15.5. The third-order valence-corrected chi connectivity index (χ3v) is 21.1. The SMILES string of the molecule is C1CCC([PH+](C2CCCCC2)C2CCCCC2)CC1.CCO[CH]=[Ru]([Cl])([Cl])=[C]1N(c2c(C)cc(C)cc2C)CCN1c1c(C)cc(C)cc1C. The monoisotopic (exact) mass is 817 g/mol. The second-order valence-corrected chi connectivity index (χ2v) is 28.1. The van der Waals surface area contributed by atoms with E-state index in [1.54, 1.807) is 101 Å². The third kappa shape index (κ3) is 9.88. The van der Waals surface area contributed by atoms with Gasteiger partial charge in [0, 0.05) is 7.92 Å². The van der Waals surface area contributed by atoms with Gasteiger partial charge in [0.1, 0.15) is 0 Å². The maximum absolute atomic E-state index is 7.12. The summed E-state index contributed by atoms with van der Waals surface area (Å²) in [7, 11) is 14.2. The fourth-order valence-corrected chi connectivity index (χ4v) is 20.2. The summed E-state index contributed by atoms with van der Waals surface area (Å²) in [6.07, 6.45) is 23.8. The molecule has 0 N–H and O–H groups in total. The minimum absolute atomic E-state index is 0.0465. The molecule has 3 nitrogen and oxygen atoms in total. The molecule has 0 amide bonds. The van der Waals surface area contributed by atoms with Crippen LogP contribution in [0.2, 0.25) is 0 Å². The predicted molar refractivity (Wildman–Crippen MR) is 219 cm³/mol. The molecule has 0 bridgehead atoms. The molecule has 1 aliphatic heterocycles. The summed E-state index contributed by atoms with van der Waals surface area (Å²) in [4.78, 5) is 6.40. The zero-order valence-corrected chi connectivity index (χ0v) is 36.0. The molecule has 4 fully saturated rings. The number of aryl methyl sites for hydroxylation is 6. The molecule has 7 heteroatoms. The Morgan fingerprint density at radius 2 is 0.939 bits per heavy atom. The first kappa shape index (κ1) is 39.6. The van der Waals surface area contributed by atoms with E-state index in [1.165, 1.54) is 61.7 Å². The Morgan fingerprint density at radius 1 is 0.612 bits per heavy atom. The number of nitrogens with zero attached hydrogens (tertiary/aromatic N) is 2. The van der Waals surface area contributed by atoms with Crippen LogP contribution in [0.15, 0.2) is 24.3 Å². The molecule has 0 aromatic heterocycles. The zero-order chi connectivity index (χ0) is 35.1. The van der Waals surface area contributed by atoms with E-state index < -0.39 is 11.9 Å². The van der Waals surface area contributed by atoms with E-state index in [0.717, 1.165) is 17.4 Å². The molecule has 3 saturated carbocycles. The number of hydrogen-bond donors (Lipinski definition) is 0. The van der Waals surface area contributed by atoms with Crippen molar-refractivity contribution in [3.8, 4) is 0 Å². The van der Waals surface area contributed by atoms with E-state index in [-0.39, 0.29) is 7.92 Å². The molecule has 2 aromatic carbocycles. The topological polar surface area (TPSA) is 15.7 Å². The predicted octanol–water partition coefficient (Wildman–Crippen LogP) is 12.4. The fraction of sp³-hybridized carbons (Fsp3) is 0.667. The Labute approximate surface area is 311 Å². The zero-order valence-electron chi connectivity index (χ0n) is 31.8. The standard InChI is InChI=1S/C21H26N2.C18H33P.C3H6O.2ClH.Ru/c1-14-9-16(3)20(17(4)10-14)22-7-8-23(13-22)21-18(5)11-15(2)12-19(21)6;1-4-10-16(11-5-1)19(17-12-6-2-7-13-17)18-14-8-3-9-15-18;1-3-4-2;;;/h9-12H,7-8H2,1-6H3;16-18H,1-15H2;2H,3H2,1H3;2*1H;/q;;;;;+2/p-1. The Balaban J connectivity index is 0.000000211. The molecule has 6 rings (SSSR count). The average molecular weight is 818 g/mol.